The first kappa shape index (κ1) is 16.7. The standard InChI is InChI=1S/C19H14N4O4S/c20-18-15(11-4-6-12(7-5-11)23(24)25)16(22-8-9-28-19(22)21-18)13-2-1-3-14-17(13)27-10-26-14/h1-9,16H,10,20H2. The molecule has 0 fully saturated rings. The van der Waals surface area contributed by atoms with E-state index < -0.39 is 4.92 Å². The topological polar surface area (TPSA) is 103 Å². The van der Waals surface area contributed by atoms with Crippen molar-refractivity contribution in [3.8, 4) is 11.5 Å². The zero-order valence-corrected chi connectivity index (χ0v) is 15.3. The summed E-state index contributed by atoms with van der Waals surface area (Å²) in [5, 5.41) is 13.7. The maximum absolute atomic E-state index is 11.0. The lowest BCUT2D eigenvalue weighted by atomic mass is 9.90. The molecule has 140 valence electrons. The van der Waals surface area contributed by atoms with Gasteiger partial charge in [-0.2, -0.15) is 0 Å². The Morgan fingerprint density at radius 3 is 2.82 bits per heavy atom. The molecule has 2 aromatic carbocycles. The molecule has 5 rings (SSSR count). The Balaban J connectivity index is 1.69. The second-order valence-electron chi connectivity index (χ2n) is 6.29. The fourth-order valence-corrected chi connectivity index (χ4v) is 4.30. The third-order valence-corrected chi connectivity index (χ3v) is 5.54. The number of amidine groups is 1. The Labute approximate surface area is 164 Å². The van der Waals surface area contributed by atoms with E-state index in [1.54, 1.807) is 12.1 Å². The van der Waals surface area contributed by atoms with E-state index in [0.29, 0.717) is 17.3 Å². The Morgan fingerprint density at radius 1 is 1.21 bits per heavy atom. The Bertz CT molecular complexity index is 1080. The molecule has 2 N–H and O–H groups in total. The number of aliphatic imine (C=N–C) groups is 1. The first-order valence-electron chi connectivity index (χ1n) is 8.47. The van der Waals surface area contributed by atoms with Gasteiger partial charge in [-0.15, -0.1) is 0 Å². The number of rotatable bonds is 3. The van der Waals surface area contributed by atoms with Crippen molar-refractivity contribution in [2.45, 2.75) is 6.04 Å². The van der Waals surface area contributed by atoms with Crippen molar-refractivity contribution in [1.29, 1.82) is 0 Å². The molecule has 0 aromatic heterocycles. The Kier molecular flexibility index (Phi) is 3.76. The van der Waals surface area contributed by atoms with Crippen LogP contribution in [0.2, 0.25) is 0 Å². The molecule has 2 aromatic rings. The zero-order chi connectivity index (χ0) is 19.3. The smallest absolute Gasteiger partial charge is 0.269 e. The van der Waals surface area contributed by atoms with Gasteiger partial charge in [-0.25, -0.2) is 4.99 Å². The van der Waals surface area contributed by atoms with Crippen molar-refractivity contribution in [2.24, 2.45) is 10.7 Å². The van der Waals surface area contributed by atoms with Crippen LogP contribution in [-0.4, -0.2) is 21.8 Å². The SMILES string of the molecule is NC1=C(c2ccc([N+](=O)[O-])cc2)C(c2cccc3c2OCO3)N2C=CSC2=N1. The van der Waals surface area contributed by atoms with E-state index in [2.05, 4.69) is 4.99 Å². The van der Waals surface area contributed by atoms with E-state index in [1.165, 1.54) is 23.9 Å². The van der Waals surface area contributed by atoms with Gasteiger partial charge < -0.3 is 20.1 Å². The summed E-state index contributed by atoms with van der Waals surface area (Å²) < 4.78 is 11.3. The first-order chi connectivity index (χ1) is 13.6. The fraction of sp³-hybridized carbons (Fsp3) is 0.105. The summed E-state index contributed by atoms with van der Waals surface area (Å²) in [4.78, 5) is 17.1. The summed E-state index contributed by atoms with van der Waals surface area (Å²) in [6.07, 6.45) is 1.95. The third kappa shape index (κ3) is 2.51. The zero-order valence-electron chi connectivity index (χ0n) is 14.4. The van der Waals surface area contributed by atoms with Crippen molar-refractivity contribution in [1.82, 2.24) is 4.90 Å². The second kappa shape index (κ2) is 6.31. The van der Waals surface area contributed by atoms with Gasteiger partial charge in [0.15, 0.2) is 16.7 Å². The van der Waals surface area contributed by atoms with Gasteiger partial charge >= 0.3 is 0 Å². The number of hydrogen-bond acceptors (Lipinski definition) is 8. The van der Waals surface area contributed by atoms with Crippen molar-refractivity contribution >= 4 is 28.2 Å². The highest BCUT2D eigenvalue weighted by molar-refractivity contribution is 8.16. The number of ether oxygens (including phenoxy) is 2. The van der Waals surface area contributed by atoms with E-state index >= 15 is 0 Å². The number of fused-ring (bicyclic) bond motifs is 2. The highest BCUT2D eigenvalue weighted by Crippen LogP contribution is 2.49. The maximum Gasteiger partial charge on any atom is 0.269 e. The highest BCUT2D eigenvalue weighted by atomic mass is 32.2. The molecule has 0 spiro atoms. The lowest BCUT2D eigenvalue weighted by molar-refractivity contribution is -0.384. The van der Waals surface area contributed by atoms with Crippen LogP contribution in [0.25, 0.3) is 5.57 Å². The van der Waals surface area contributed by atoms with Gasteiger partial charge in [-0.3, -0.25) is 10.1 Å². The molecular weight excluding hydrogens is 380 g/mol. The van der Waals surface area contributed by atoms with Crippen LogP contribution in [-0.2, 0) is 0 Å². The van der Waals surface area contributed by atoms with Crippen LogP contribution < -0.4 is 15.2 Å². The summed E-state index contributed by atoms with van der Waals surface area (Å²) in [6, 6.07) is 11.8. The molecule has 0 saturated carbocycles. The highest BCUT2D eigenvalue weighted by Gasteiger charge is 2.37. The van der Waals surface area contributed by atoms with Crippen LogP contribution in [0.1, 0.15) is 17.2 Å². The average Bonchev–Trinajstić information content (AvgIpc) is 3.35. The number of non-ortho nitro benzene ring substituents is 1. The molecule has 3 aliphatic rings. The predicted octanol–water partition coefficient (Wildman–Crippen LogP) is 3.58. The molecule has 9 heteroatoms. The molecule has 0 radical (unpaired) electrons. The van der Waals surface area contributed by atoms with Gasteiger partial charge in [-0.1, -0.05) is 23.9 Å². The minimum Gasteiger partial charge on any atom is -0.454 e. The number of thioether (sulfide) groups is 1. The third-order valence-electron chi connectivity index (χ3n) is 4.77. The lowest BCUT2D eigenvalue weighted by Gasteiger charge is -2.34. The van der Waals surface area contributed by atoms with E-state index in [1.807, 2.05) is 34.7 Å². The summed E-state index contributed by atoms with van der Waals surface area (Å²) in [5.74, 6) is 1.73. The van der Waals surface area contributed by atoms with Gasteiger partial charge in [0.05, 0.1) is 11.0 Å². The summed E-state index contributed by atoms with van der Waals surface area (Å²) in [7, 11) is 0. The monoisotopic (exact) mass is 394 g/mol. The average molecular weight is 394 g/mol. The number of para-hydroxylation sites is 1. The lowest BCUT2D eigenvalue weighted by Crippen LogP contribution is -2.32. The molecule has 3 aliphatic heterocycles. The number of benzene rings is 2. The van der Waals surface area contributed by atoms with Crippen LogP contribution >= 0.6 is 11.8 Å². The fourth-order valence-electron chi connectivity index (χ4n) is 3.55. The van der Waals surface area contributed by atoms with E-state index in [0.717, 1.165) is 21.9 Å². The van der Waals surface area contributed by atoms with Gasteiger partial charge in [0.1, 0.15) is 5.82 Å². The predicted molar refractivity (Wildman–Crippen MR) is 106 cm³/mol. The first-order valence-corrected chi connectivity index (χ1v) is 9.35. The molecule has 3 heterocycles. The molecule has 0 aliphatic carbocycles. The quantitative estimate of drug-likeness (QED) is 0.627. The largest absolute Gasteiger partial charge is 0.454 e. The molecule has 1 unspecified atom stereocenters. The van der Waals surface area contributed by atoms with Gasteiger partial charge in [0.2, 0.25) is 6.79 Å². The molecule has 0 saturated heterocycles. The molecule has 28 heavy (non-hydrogen) atoms. The molecular formula is C19H14N4O4S. The minimum atomic E-state index is -0.425. The van der Waals surface area contributed by atoms with Gasteiger partial charge in [0.25, 0.3) is 5.69 Å². The maximum atomic E-state index is 11.0. The van der Waals surface area contributed by atoms with Gasteiger partial charge in [-0.05, 0) is 29.2 Å². The molecule has 0 bridgehead atoms. The number of nitro groups is 1. The van der Waals surface area contributed by atoms with Crippen LogP contribution in [0.4, 0.5) is 5.69 Å². The van der Waals surface area contributed by atoms with Crippen LogP contribution in [0.15, 0.2) is 64.9 Å². The van der Waals surface area contributed by atoms with Crippen molar-refractivity contribution in [3.05, 3.63) is 81.1 Å². The second-order valence-corrected chi connectivity index (χ2v) is 7.16. The molecule has 1 atom stereocenters. The normalized spacial score (nSPS) is 19.6. The van der Waals surface area contributed by atoms with E-state index in [4.69, 9.17) is 15.2 Å². The van der Waals surface area contributed by atoms with Gasteiger partial charge in [0, 0.05) is 29.5 Å². The van der Waals surface area contributed by atoms with E-state index in [-0.39, 0.29) is 18.5 Å². The van der Waals surface area contributed by atoms with Crippen molar-refractivity contribution in [2.75, 3.05) is 6.79 Å². The van der Waals surface area contributed by atoms with Crippen molar-refractivity contribution < 1.29 is 14.4 Å². The van der Waals surface area contributed by atoms with Crippen molar-refractivity contribution in [3.63, 3.8) is 0 Å². The molecule has 8 nitrogen and oxygen atoms in total. The Hall–Kier alpha value is -3.46. The number of nitrogens with zero attached hydrogens (tertiary/aromatic N) is 3. The van der Waals surface area contributed by atoms with Crippen LogP contribution in [0.3, 0.4) is 0 Å². The van der Waals surface area contributed by atoms with E-state index in [9.17, 15) is 10.1 Å². The summed E-state index contributed by atoms with van der Waals surface area (Å²) in [6.45, 7) is 0.163. The number of nitrogens with two attached hydrogens (primary N) is 1. The minimum absolute atomic E-state index is 0.0217. The van der Waals surface area contributed by atoms with Crippen LogP contribution in [0.5, 0.6) is 11.5 Å². The Morgan fingerprint density at radius 2 is 2.04 bits per heavy atom. The number of nitro benzene ring substituents is 1. The van der Waals surface area contributed by atoms with Crippen LogP contribution in [0, 0.1) is 10.1 Å². The molecule has 0 amide bonds. The summed E-state index contributed by atoms with van der Waals surface area (Å²) in [5.41, 5.74) is 8.79. The number of hydrogen-bond donors (Lipinski definition) is 1. The summed E-state index contributed by atoms with van der Waals surface area (Å²) >= 11 is 1.49.